The minimum Gasteiger partial charge on any atom is -0.491 e. The standard InChI is InChI=1S/C24H27FN6O4/c25-6-3-15-4-7-30(8-5-15)24(34)31-9-10-35-20-2-1-16(11-18(20)14-31)17-12-19-21(26-13-17)28-22(27-19)29-23(32)33/h1-2,11-13,15H,3-10,14H2,(H,32,33)(H2,26,27,28,29). The van der Waals surface area contributed by atoms with Gasteiger partial charge in [-0.3, -0.25) is 9.71 Å². The van der Waals surface area contributed by atoms with Crippen LogP contribution in [0.2, 0.25) is 0 Å². The number of anilines is 1. The lowest BCUT2D eigenvalue weighted by molar-refractivity contribution is 0.124. The van der Waals surface area contributed by atoms with Gasteiger partial charge in [0.15, 0.2) is 5.65 Å². The zero-order valence-electron chi connectivity index (χ0n) is 19.2. The maximum Gasteiger partial charge on any atom is 0.411 e. The van der Waals surface area contributed by atoms with Gasteiger partial charge in [0.2, 0.25) is 5.95 Å². The summed E-state index contributed by atoms with van der Waals surface area (Å²) in [5.74, 6) is 1.21. The summed E-state index contributed by atoms with van der Waals surface area (Å²) in [5, 5.41) is 11.1. The highest BCUT2D eigenvalue weighted by atomic mass is 19.1. The average molecular weight is 483 g/mol. The SMILES string of the molecule is O=C(O)Nc1nc2ncc(-c3ccc4c(c3)CN(C(=O)N3CCC(CCF)CC3)CCO4)cc2[nH]1. The number of imidazole rings is 1. The van der Waals surface area contributed by atoms with Gasteiger partial charge in [-0.05, 0) is 48.9 Å². The number of carboxylic acid groups (broad SMARTS) is 1. The molecule has 0 unspecified atom stereocenters. The number of amides is 3. The van der Waals surface area contributed by atoms with Crippen LogP contribution >= 0.6 is 0 Å². The molecule has 2 aliphatic rings. The molecule has 2 aromatic heterocycles. The number of aromatic amines is 1. The zero-order valence-corrected chi connectivity index (χ0v) is 19.2. The fourth-order valence-corrected chi connectivity index (χ4v) is 4.72. The summed E-state index contributed by atoms with van der Waals surface area (Å²) in [5.41, 5.74) is 3.62. The number of rotatable bonds is 4. The number of fused-ring (bicyclic) bond motifs is 2. The third-order valence-electron chi connectivity index (χ3n) is 6.61. The molecular weight excluding hydrogens is 455 g/mol. The van der Waals surface area contributed by atoms with Gasteiger partial charge in [0.1, 0.15) is 12.4 Å². The molecule has 0 radical (unpaired) electrons. The van der Waals surface area contributed by atoms with Crippen LogP contribution in [-0.4, -0.2) is 74.9 Å². The van der Waals surface area contributed by atoms with Crippen molar-refractivity contribution in [2.45, 2.75) is 25.8 Å². The minimum absolute atomic E-state index is 0.00967. The van der Waals surface area contributed by atoms with E-state index in [0.717, 1.165) is 35.3 Å². The van der Waals surface area contributed by atoms with Crippen LogP contribution in [0.4, 0.5) is 19.9 Å². The molecule has 1 fully saturated rings. The van der Waals surface area contributed by atoms with Gasteiger partial charge < -0.3 is 24.6 Å². The predicted octanol–water partition coefficient (Wildman–Crippen LogP) is 4.10. The van der Waals surface area contributed by atoms with Gasteiger partial charge in [-0.2, -0.15) is 4.98 Å². The molecule has 3 amide bonds. The van der Waals surface area contributed by atoms with Gasteiger partial charge in [-0.15, -0.1) is 0 Å². The average Bonchev–Trinajstić information content (AvgIpc) is 3.12. The number of aromatic nitrogens is 3. The number of alkyl halides is 1. The number of carbonyl (C=O) groups is 2. The van der Waals surface area contributed by atoms with Crippen LogP contribution in [0.5, 0.6) is 5.75 Å². The van der Waals surface area contributed by atoms with E-state index < -0.39 is 6.09 Å². The summed E-state index contributed by atoms with van der Waals surface area (Å²) in [7, 11) is 0. The van der Waals surface area contributed by atoms with Gasteiger partial charge >= 0.3 is 12.1 Å². The fraction of sp³-hybridized carbons (Fsp3) is 0.417. The summed E-state index contributed by atoms with van der Waals surface area (Å²) in [6.45, 7) is 2.35. The van der Waals surface area contributed by atoms with E-state index in [4.69, 9.17) is 9.84 Å². The number of carbonyl (C=O) groups excluding carboxylic acids is 1. The molecule has 2 aliphatic heterocycles. The van der Waals surface area contributed by atoms with E-state index in [2.05, 4.69) is 20.3 Å². The first kappa shape index (κ1) is 22.9. The van der Waals surface area contributed by atoms with Gasteiger partial charge in [0.25, 0.3) is 0 Å². The summed E-state index contributed by atoms with van der Waals surface area (Å²) in [6, 6.07) is 7.66. The van der Waals surface area contributed by atoms with Crippen LogP contribution in [0.15, 0.2) is 30.5 Å². The molecule has 0 bridgehead atoms. The van der Waals surface area contributed by atoms with E-state index in [9.17, 15) is 14.0 Å². The molecule has 0 atom stereocenters. The van der Waals surface area contributed by atoms with Crippen molar-refractivity contribution in [1.29, 1.82) is 0 Å². The molecule has 3 aromatic rings. The number of likely N-dealkylation sites (tertiary alicyclic amines) is 1. The Kier molecular flexibility index (Phi) is 6.39. The number of piperidine rings is 1. The molecule has 0 aliphatic carbocycles. The molecule has 5 rings (SSSR count). The number of hydrogen-bond donors (Lipinski definition) is 3. The van der Waals surface area contributed by atoms with E-state index in [1.54, 1.807) is 6.20 Å². The third-order valence-corrected chi connectivity index (χ3v) is 6.61. The Bertz CT molecular complexity index is 1240. The Morgan fingerprint density at radius 2 is 2.00 bits per heavy atom. The van der Waals surface area contributed by atoms with Gasteiger partial charge in [0.05, 0.1) is 25.3 Å². The quantitative estimate of drug-likeness (QED) is 0.514. The second-order valence-electron chi connectivity index (χ2n) is 8.89. The smallest absolute Gasteiger partial charge is 0.411 e. The van der Waals surface area contributed by atoms with Crippen molar-refractivity contribution >= 4 is 29.2 Å². The molecule has 0 spiro atoms. The largest absolute Gasteiger partial charge is 0.491 e. The Hall–Kier alpha value is -3.89. The Balaban J connectivity index is 1.33. The van der Waals surface area contributed by atoms with E-state index >= 15 is 0 Å². The first-order chi connectivity index (χ1) is 17.0. The predicted molar refractivity (Wildman–Crippen MR) is 127 cm³/mol. The number of urea groups is 1. The van der Waals surface area contributed by atoms with Crippen molar-refractivity contribution < 1.29 is 23.8 Å². The van der Waals surface area contributed by atoms with Crippen LogP contribution in [0, 0.1) is 5.92 Å². The first-order valence-electron chi connectivity index (χ1n) is 11.7. The van der Waals surface area contributed by atoms with Crippen molar-refractivity contribution in [2.24, 2.45) is 5.92 Å². The highest BCUT2D eigenvalue weighted by Gasteiger charge is 2.28. The normalized spacial score (nSPS) is 16.5. The molecule has 4 heterocycles. The first-order valence-corrected chi connectivity index (χ1v) is 11.7. The molecule has 1 aromatic carbocycles. The lowest BCUT2D eigenvalue weighted by atomic mass is 9.94. The molecule has 0 saturated carbocycles. The number of pyridine rings is 1. The minimum atomic E-state index is -1.21. The maximum atomic E-state index is 13.2. The van der Waals surface area contributed by atoms with E-state index in [1.165, 1.54) is 0 Å². The Morgan fingerprint density at radius 1 is 1.17 bits per heavy atom. The summed E-state index contributed by atoms with van der Waals surface area (Å²) in [4.78, 5) is 39.1. The van der Waals surface area contributed by atoms with Crippen LogP contribution in [-0.2, 0) is 6.54 Å². The monoisotopic (exact) mass is 482 g/mol. The van der Waals surface area contributed by atoms with Crippen LogP contribution < -0.4 is 10.1 Å². The third kappa shape index (κ3) is 4.98. The van der Waals surface area contributed by atoms with Crippen LogP contribution in [0.25, 0.3) is 22.3 Å². The number of nitrogens with zero attached hydrogens (tertiary/aromatic N) is 4. The van der Waals surface area contributed by atoms with Crippen molar-refractivity contribution in [3.63, 3.8) is 0 Å². The number of halogens is 1. The van der Waals surface area contributed by atoms with Gasteiger partial charge in [0, 0.05) is 30.4 Å². The molecule has 3 N–H and O–H groups in total. The number of ether oxygens (including phenoxy) is 1. The summed E-state index contributed by atoms with van der Waals surface area (Å²) in [6.07, 6.45) is 2.73. The molecule has 11 heteroatoms. The highest BCUT2D eigenvalue weighted by Crippen LogP contribution is 2.31. The van der Waals surface area contributed by atoms with Crippen molar-refractivity contribution in [3.8, 4) is 16.9 Å². The van der Waals surface area contributed by atoms with Crippen molar-refractivity contribution in [2.75, 3.05) is 38.2 Å². The topological polar surface area (TPSA) is 124 Å². The maximum absolute atomic E-state index is 13.2. The van der Waals surface area contributed by atoms with Gasteiger partial charge in [-0.25, -0.2) is 14.6 Å². The zero-order chi connectivity index (χ0) is 24.4. The van der Waals surface area contributed by atoms with E-state index in [0.29, 0.717) is 56.3 Å². The number of H-pyrrole nitrogens is 1. The van der Waals surface area contributed by atoms with Gasteiger partial charge in [-0.1, -0.05) is 6.07 Å². The fourth-order valence-electron chi connectivity index (χ4n) is 4.72. The summed E-state index contributed by atoms with van der Waals surface area (Å²) >= 11 is 0. The Morgan fingerprint density at radius 3 is 2.77 bits per heavy atom. The van der Waals surface area contributed by atoms with E-state index in [-0.39, 0.29) is 18.7 Å². The van der Waals surface area contributed by atoms with Crippen LogP contribution in [0.3, 0.4) is 0 Å². The number of nitrogens with one attached hydrogen (secondary N) is 2. The molecular formula is C24H27FN6O4. The second kappa shape index (κ2) is 9.77. The molecule has 10 nitrogen and oxygen atoms in total. The molecule has 184 valence electrons. The number of hydrogen-bond acceptors (Lipinski definition) is 5. The summed E-state index contributed by atoms with van der Waals surface area (Å²) < 4.78 is 18.6. The lowest BCUT2D eigenvalue weighted by Gasteiger charge is -2.35. The van der Waals surface area contributed by atoms with Crippen LogP contribution in [0.1, 0.15) is 24.8 Å². The van der Waals surface area contributed by atoms with Crippen molar-refractivity contribution in [3.05, 3.63) is 36.0 Å². The molecule has 35 heavy (non-hydrogen) atoms. The second-order valence-corrected chi connectivity index (χ2v) is 8.89. The highest BCUT2D eigenvalue weighted by molar-refractivity contribution is 5.85. The number of benzene rings is 1. The Labute approximate surface area is 201 Å². The van der Waals surface area contributed by atoms with Crippen molar-refractivity contribution in [1.82, 2.24) is 24.8 Å². The van der Waals surface area contributed by atoms with E-state index in [1.807, 2.05) is 34.1 Å². The molecule has 1 saturated heterocycles. The lowest BCUT2D eigenvalue weighted by Crippen LogP contribution is -2.47.